The largest absolute Gasteiger partial charge is 0.392 e. The third kappa shape index (κ3) is 4.82. The first-order chi connectivity index (χ1) is 13.0. The fourth-order valence-corrected chi connectivity index (χ4v) is 3.86. The van der Waals surface area contributed by atoms with E-state index < -0.39 is 0 Å². The van der Waals surface area contributed by atoms with Gasteiger partial charge in [-0.05, 0) is 46.5 Å². The molecule has 3 rings (SSSR count). The quantitative estimate of drug-likeness (QED) is 0.550. The van der Waals surface area contributed by atoms with Crippen molar-refractivity contribution in [2.45, 2.75) is 38.3 Å². The number of anilines is 3. The number of aliphatic hydroxyl groups excluding tert-OH is 1. The van der Waals surface area contributed by atoms with E-state index in [4.69, 9.17) is 23.2 Å². The minimum Gasteiger partial charge on any atom is -0.392 e. The van der Waals surface area contributed by atoms with Gasteiger partial charge in [-0.2, -0.15) is 10.2 Å². The molecule has 0 aliphatic heterocycles. The zero-order chi connectivity index (χ0) is 19.4. The molecule has 6 nitrogen and oxygen atoms in total. The molecule has 0 bridgehead atoms. The highest BCUT2D eigenvalue weighted by atomic mass is 79.9. The third-order valence-electron chi connectivity index (χ3n) is 4.53. The number of nitrogens with one attached hydrogen (secondary N) is 2. The van der Waals surface area contributed by atoms with Gasteiger partial charge in [0.1, 0.15) is 5.02 Å². The topological polar surface area (TPSA) is 93.9 Å². The Hall–Kier alpha value is -1.59. The van der Waals surface area contributed by atoms with E-state index in [-0.39, 0.29) is 18.6 Å². The molecule has 0 saturated heterocycles. The van der Waals surface area contributed by atoms with Crippen molar-refractivity contribution < 1.29 is 5.11 Å². The average molecular weight is 471 g/mol. The van der Waals surface area contributed by atoms with Crippen LogP contribution in [0, 0.1) is 17.2 Å². The molecule has 0 amide bonds. The SMILES string of the molecule is N#C[C@H]1CCCCC1Nc1nc(Nc2cc(Cl)c(Br)c(CO)c2)ncc1Cl. The van der Waals surface area contributed by atoms with Gasteiger partial charge in [0, 0.05) is 16.2 Å². The number of nitriles is 1. The van der Waals surface area contributed by atoms with Gasteiger partial charge in [-0.25, -0.2) is 4.98 Å². The van der Waals surface area contributed by atoms with Crippen molar-refractivity contribution in [2.24, 2.45) is 5.92 Å². The molecule has 1 unspecified atom stereocenters. The number of hydrogen-bond acceptors (Lipinski definition) is 6. The number of rotatable bonds is 5. The maximum absolute atomic E-state index is 9.44. The summed E-state index contributed by atoms with van der Waals surface area (Å²) in [6.45, 7) is -0.151. The van der Waals surface area contributed by atoms with Gasteiger partial charge in [-0.15, -0.1) is 0 Å². The number of nitrogens with zero attached hydrogens (tertiary/aromatic N) is 3. The molecule has 2 aromatic rings. The van der Waals surface area contributed by atoms with Crippen LogP contribution in [0.3, 0.4) is 0 Å². The molecular weight excluding hydrogens is 453 g/mol. The van der Waals surface area contributed by atoms with Crippen LogP contribution in [0.2, 0.25) is 10.0 Å². The van der Waals surface area contributed by atoms with Gasteiger partial charge in [-0.1, -0.05) is 36.0 Å². The molecular formula is C18H18BrCl2N5O. The normalized spacial score (nSPS) is 19.4. The Morgan fingerprint density at radius 2 is 2.04 bits per heavy atom. The molecule has 2 atom stereocenters. The number of hydrogen-bond donors (Lipinski definition) is 3. The Morgan fingerprint density at radius 1 is 1.26 bits per heavy atom. The van der Waals surface area contributed by atoms with Gasteiger partial charge in [0.05, 0.1) is 29.8 Å². The maximum Gasteiger partial charge on any atom is 0.229 e. The van der Waals surface area contributed by atoms with E-state index in [9.17, 15) is 10.4 Å². The number of aliphatic hydroxyl groups is 1. The van der Waals surface area contributed by atoms with Gasteiger partial charge >= 0.3 is 0 Å². The van der Waals surface area contributed by atoms with E-state index in [2.05, 4.69) is 42.6 Å². The van der Waals surface area contributed by atoms with Gasteiger partial charge in [0.15, 0.2) is 5.82 Å². The van der Waals surface area contributed by atoms with Crippen LogP contribution in [-0.2, 0) is 6.61 Å². The summed E-state index contributed by atoms with van der Waals surface area (Å²) in [5.74, 6) is 0.777. The highest BCUT2D eigenvalue weighted by molar-refractivity contribution is 9.10. The highest BCUT2D eigenvalue weighted by Gasteiger charge is 2.26. The Labute approximate surface area is 176 Å². The lowest BCUT2D eigenvalue weighted by Gasteiger charge is -2.28. The van der Waals surface area contributed by atoms with Crippen molar-refractivity contribution in [3.05, 3.63) is 38.4 Å². The number of halogens is 3. The van der Waals surface area contributed by atoms with Crippen molar-refractivity contribution in [1.82, 2.24) is 9.97 Å². The average Bonchev–Trinajstić information content (AvgIpc) is 2.67. The zero-order valence-electron chi connectivity index (χ0n) is 14.3. The summed E-state index contributed by atoms with van der Waals surface area (Å²) < 4.78 is 0.649. The summed E-state index contributed by atoms with van der Waals surface area (Å²) in [5, 5.41) is 26.0. The molecule has 142 valence electrons. The smallest absolute Gasteiger partial charge is 0.229 e. The lowest BCUT2D eigenvalue weighted by atomic mass is 9.85. The lowest BCUT2D eigenvalue weighted by Crippen LogP contribution is -2.31. The highest BCUT2D eigenvalue weighted by Crippen LogP contribution is 2.32. The van der Waals surface area contributed by atoms with Gasteiger partial charge in [0.25, 0.3) is 0 Å². The van der Waals surface area contributed by atoms with Crippen LogP contribution >= 0.6 is 39.1 Å². The van der Waals surface area contributed by atoms with E-state index in [1.165, 1.54) is 6.20 Å². The third-order valence-corrected chi connectivity index (χ3v) is 6.27. The minimum atomic E-state index is -0.151. The molecule has 0 spiro atoms. The maximum atomic E-state index is 9.44. The molecule has 1 aliphatic carbocycles. The molecule has 1 saturated carbocycles. The van der Waals surface area contributed by atoms with Crippen LogP contribution in [0.5, 0.6) is 0 Å². The van der Waals surface area contributed by atoms with E-state index in [1.807, 2.05) is 0 Å². The fourth-order valence-electron chi connectivity index (χ4n) is 3.12. The standard InChI is InChI=1S/C18H18BrCl2N5O/c19-16-11(9-27)5-12(6-13(16)20)24-18-23-8-14(21)17(26-18)25-15-4-2-1-3-10(15)7-22/h5-6,8,10,15,27H,1-4,9H2,(H2,23,24,25,26)/t10-,15?/m1/s1. The van der Waals surface area contributed by atoms with Crippen LogP contribution < -0.4 is 10.6 Å². The minimum absolute atomic E-state index is 0.0205. The summed E-state index contributed by atoms with van der Waals surface area (Å²) in [5.41, 5.74) is 1.30. The summed E-state index contributed by atoms with van der Waals surface area (Å²) in [7, 11) is 0. The second-order valence-electron chi connectivity index (χ2n) is 6.38. The van der Waals surface area contributed by atoms with Crippen molar-refractivity contribution in [2.75, 3.05) is 10.6 Å². The van der Waals surface area contributed by atoms with Crippen LogP contribution in [0.4, 0.5) is 17.5 Å². The first kappa shape index (κ1) is 20.2. The Kier molecular flexibility index (Phi) is 6.77. The predicted molar refractivity (Wildman–Crippen MR) is 110 cm³/mol. The molecule has 1 heterocycles. The second kappa shape index (κ2) is 9.07. The number of aromatic nitrogens is 2. The molecule has 1 aromatic heterocycles. The Morgan fingerprint density at radius 3 is 2.78 bits per heavy atom. The molecule has 1 fully saturated rings. The van der Waals surface area contributed by atoms with Crippen LogP contribution in [0.15, 0.2) is 22.8 Å². The van der Waals surface area contributed by atoms with Crippen LogP contribution in [0.1, 0.15) is 31.2 Å². The van der Waals surface area contributed by atoms with Crippen molar-refractivity contribution in [3.63, 3.8) is 0 Å². The van der Waals surface area contributed by atoms with Gasteiger partial charge in [0.2, 0.25) is 5.95 Å². The van der Waals surface area contributed by atoms with E-state index in [0.717, 1.165) is 25.7 Å². The first-order valence-electron chi connectivity index (χ1n) is 8.56. The van der Waals surface area contributed by atoms with Crippen LogP contribution in [-0.4, -0.2) is 21.1 Å². The van der Waals surface area contributed by atoms with Gasteiger partial charge < -0.3 is 15.7 Å². The Balaban J connectivity index is 1.81. The fraction of sp³-hybridized carbons (Fsp3) is 0.389. The van der Waals surface area contributed by atoms with Crippen molar-refractivity contribution in [3.8, 4) is 6.07 Å². The number of benzene rings is 1. The molecule has 1 aliphatic rings. The van der Waals surface area contributed by atoms with E-state index in [1.54, 1.807) is 12.1 Å². The predicted octanol–water partition coefficient (Wildman–Crippen LogP) is 5.28. The first-order valence-corrected chi connectivity index (χ1v) is 10.1. The van der Waals surface area contributed by atoms with E-state index >= 15 is 0 Å². The molecule has 3 N–H and O–H groups in total. The molecule has 1 aromatic carbocycles. The summed E-state index contributed by atoms with van der Waals surface area (Å²) >= 11 is 15.8. The summed E-state index contributed by atoms with van der Waals surface area (Å²) in [6.07, 6.45) is 5.44. The molecule has 27 heavy (non-hydrogen) atoms. The molecule has 0 radical (unpaired) electrons. The lowest BCUT2D eigenvalue weighted by molar-refractivity contribution is 0.281. The second-order valence-corrected chi connectivity index (χ2v) is 7.98. The summed E-state index contributed by atoms with van der Waals surface area (Å²) in [4.78, 5) is 8.64. The van der Waals surface area contributed by atoms with Crippen molar-refractivity contribution in [1.29, 1.82) is 5.26 Å². The zero-order valence-corrected chi connectivity index (χ0v) is 17.4. The van der Waals surface area contributed by atoms with E-state index in [0.29, 0.717) is 37.5 Å². The van der Waals surface area contributed by atoms with Crippen molar-refractivity contribution >= 4 is 56.6 Å². The molecule has 9 heteroatoms. The van der Waals surface area contributed by atoms with Crippen LogP contribution in [0.25, 0.3) is 0 Å². The van der Waals surface area contributed by atoms with Gasteiger partial charge in [-0.3, -0.25) is 0 Å². The monoisotopic (exact) mass is 469 g/mol. The summed E-state index contributed by atoms with van der Waals surface area (Å²) in [6, 6.07) is 5.85. The Bertz CT molecular complexity index is 874.